The Morgan fingerprint density at radius 2 is 0.673 bits per heavy atom. The second-order valence-corrected chi connectivity index (χ2v) is 15.3. The zero-order chi connectivity index (χ0) is 33.4. The maximum atomic E-state index is 3.51. The van der Waals surface area contributed by atoms with Crippen molar-refractivity contribution in [2.45, 2.75) is 0 Å². The van der Waals surface area contributed by atoms with Gasteiger partial charge in [-0.25, -0.2) is 0 Å². The van der Waals surface area contributed by atoms with Crippen molar-refractivity contribution >= 4 is 95.0 Å². The molecule has 0 aliphatic heterocycles. The minimum atomic E-state index is 0.923. The maximum Gasteiger partial charge on any atom is 0.0618 e. The molecule has 2 nitrogen and oxygen atoms in total. The van der Waals surface area contributed by atoms with Crippen LogP contribution in [0.15, 0.2) is 185 Å². The Morgan fingerprint density at radius 1 is 0.367 bits per heavy atom. The first-order chi connectivity index (χ1) is 24.1. The molecule has 49 heavy (non-hydrogen) atoms. The Morgan fingerprint density at radius 3 is 1.00 bits per heavy atom. The van der Waals surface area contributed by atoms with Gasteiger partial charge in [-0.2, -0.15) is 0 Å². The lowest BCUT2D eigenvalue weighted by Crippen LogP contribution is -2.10. The quantitative estimate of drug-likeness (QED) is 0.136. The van der Waals surface area contributed by atoms with Crippen LogP contribution in [0, 0.1) is 0 Å². The minimum Gasteiger partial charge on any atom is -0.311 e. The summed E-state index contributed by atoms with van der Waals surface area (Å²) in [5.41, 5.74) is 10.1. The number of nitrogens with zero attached hydrogens (tertiary/aromatic N) is 2. The van der Waals surface area contributed by atoms with Gasteiger partial charge < -0.3 is 9.80 Å². The molecule has 6 aromatic carbocycles. The number of thiophene rings is 1. The van der Waals surface area contributed by atoms with E-state index in [0.29, 0.717) is 0 Å². The summed E-state index contributed by atoms with van der Waals surface area (Å²) in [6.45, 7) is 0. The molecule has 1 aromatic heterocycles. The van der Waals surface area contributed by atoms with Crippen LogP contribution in [0.2, 0.25) is 0 Å². The number of para-hydroxylation sites is 4. The van der Waals surface area contributed by atoms with E-state index in [1.54, 1.807) is 11.3 Å². The van der Waals surface area contributed by atoms with Gasteiger partial charge in [-0.05, 0) is 146 Å². The topological polar surface area (TPSA) is 6.48 Å². The summed E-state index contributed by atoms with van der Waals surface area (Å²) in [6, 6.07) is 64.2. The van der Waals surface area contributed by atoms with Crippen LogP contribution in [0.25, 0.3) is 17.7 Å². The van der Waals surface area contributed by atoms with Crippen LogP contribution in [-0.4, -0.2) is 0 Å². The lowest BCUT2D eigenvalue weighted by Gasteiger charge is -2.26. The molecule has 0 spiro atoms. The van der Waals surface area contributed by atoms with Crippen molar-refractivity contribution in [1.29, 1.82) is 0 Å². The molecule has 0 amide bonds. The van der Waals surface area contributed by atoms with Crippen molar-refractivity contribution in [3.63, 3.8) is 0 Å². The van der Waals surface area contributed by atoms with Crippen molar-refractivity contribution in [3.05, 3.63) is 206 Å². The number of hydrogen-bond donors (Lipinski definition) is 0. The highest BCUT2D eigenvalue weighted by molar-refractivity contribution is 9.28. The van der Waals surface area contributed by atoms with E-state index in [0.717, 1.165) is 54.2 Å². The van der Waals surface area contributed by atoms with Crippen molar-refractivity contribution in [2.75, 3.05) is 9.80 Å². The second kappa shape index (κ2) is 15.5. The number of benzene rings is 6. The Labute approximate surface area is 309 Å². The monoisotopic (exact) mass is 778 g/mol. The molecule has 7 rings (SSSR count). The average Bonchev–Trinajstić information content (AvgIpc) is 3.59. The number of hydrogen-bond acceptors (Lipinski definition) is 3. The van der Waals surface area contributed by atoms with Crippen molar-refractivity contribution in [3.8, 4) is 0 Å². The first kappa shape index (κ1) is 32.6. The summed E-state index contributed by atoms with van der Waals surface area (Å²) in [6.07, 6.45) is 4.38. The molecule has 0 bridgehead atoms. The first-order valence-corrected chi connectivity index (χ1v) is 18.4. The van der Waals surface area contributed by atoms with E-state index in [-0.39, 0.29) is 0 Å². The van der Waals surface area contributed by atoms with Gasteiger partial charge in [-0.15, -0.1) is 11.3 Å². The number of rotatable bonds is 10. The summed E-state index contributed by atoms with van der Waals surface area (Å²) < 4.78 is 0.923. The molecule has 7 aromatic rings. The Hall–Kier alpha value is -4.94. The van der Waals surface area contributed by atoms with Crippen LogP contribution in [0.3, 0.4) is 0 Å². The second-order valence-electron chi connectivity index (χ2n) is 11.3. The zero-order valence-corrected chi connectivity index (χ0v) is 30.5. The third-order valence-electron chi connectivity index (χ3n) is 8.12. The van der Waals surface area contributed by atoms with E-state index in [4.69, 9.17) is 0 Å². The Bertz CT molecular complexity index is 1950. The Balaban J connectivity index is 1.29. The summed E-state index contributed by atoms with van der Waals surface area (Å²) in [7, 11) is 0. The fraction of sp³-hybridized carbons (Fsp3) is 0. The van der Waals surface area contributed by atoms with Gasteiger partial charge in [-0.3, -0.25) is 0 Å². The standard InChI is InChI=1S/C44H32Br2N2S/c45-44(46)32-42-30-29-41(49-42)31-43(33-21-25-39(26-22-33)47(35-13-5-1-6-14-35)36-15-7-2-8-16-36)34-23-27-40(28-24-34)48(37-17-9-3-10-18-37)38-19-11-4-12-20-38/h1-32H. The van der Waals surface area contributed by atoms with Crippen LogP contribution < -0.4 is 9.80 Å². The van der Waals surface area contributed by atoms with Crippen LogP contribution in [0.1, 0.15) is 20.9 Å². The molecule has 5 heteroatoms. The molecule has 238 valence electrons. The largest absolute Gasteiger partial charge is 0.311 e. The minimum absolute atomic E-state index is 0.923. The van der Waals surface area contributed by atoms with Gasteiger partial charge in [0.1, 0.15) is 0 Å². The van der Waals surface area contributed by atoms with Gasteiger partial charge in [0.05, 0.1) is 3.39 Å². The molecule has 0 fully saturated rings. The molecule has 0 unspecified atom stereocenters. The van der Waals surface area contributed by atoms with E-state index in [9.17, 15) is 0 Å². The van der Waals surface area contributed by atoms with E-state index >= 15 is 0 Å². The van der Waals surface area contributed by atoms with E-state index in [1.165, 1.54) is 9.75 Å². The predicted octanol–water partition coefficient (Wildman–Crippen LogP) is 14.4. The van der Waals surface area contributed by atoms with Crippen LogP contribution in [-0.2, 0) is 0 Å². The molecular formula is C44H32Br2N2S. The number of anilines is 6. The lowest BCUT2D eigenvalue weighted by atomic mass is 9.96. The maximum absolute atomic E-state index is 3.51. The molecule has 0 saturated carbocycles. The van der Waals surface area contributed by atoms with Crippen LogP contribution in [0.5, 0.6) is 0 Å². The molecule has 1 heterocycles. The lowest BCUT2D eigenvalue weighted by molar-refractivity contribution is 1.28. The summed E-state index contributed by atoms with van der Waals surface area (Å²) >= 11 is 8.77. The van der Waals surface area contributed by atoms with Crippen LogP contribution in [0.4, 0.5) is 34.1 Å². The fourth-order valence-electron chi connectivity index (χ4n) is 5.89. The first-order valence-electron chi connectivity index (χ1n) is 16.0. The highest BCUT2D eigenvalue weighted by Gasteiger charge is 2.15. The normalized spacial score (nSPS) is 10.7. The summed E-state index contributed by atoms with van der Waals surface area (Å²) in [4.78, 5) is 6.93. The van der Waals surface area contributed by atoms with Crippen molar-refractivity contribution in [1.82, 2.24) is 0 Å². The third-order valence-corrected chi connectivity index (χ3v) is 9.55. The number of halogens is 2. The molecule has 0 aliphatic carbocycles. The molecule has 0 radical (unpaired) electrons. The van der Waals surface area contributed by atoms with Gasteiger partial charge >= 0.3 is 0 Å². The molecule has 0 aliphatic rings. The van der Waals surface area contributed by atoms with Gasteiger partial charge in [0.2, 0.25) is 0 Å². The van der Waals surface area contributed by atoms with E-state index in [2.05, 4.69) is 236 Å². The van der Waals surface area contributed by atoms with Gasteiger partial charge in [0.25, 0.3) is 0 Å². The Kier molecular flexibility index (Phi) is 10.3. The summed E-state index contributed by atoms with van der Waals surface area (Å²) in [5, 5.41) is 0. The SMILES string of the molecule is BrC(Br)=Cc1ccc(C=C(c2ccc(N(c3ccccc3)c3ccccc3)cc2)c2ccc(N(c3ccccc3)c3ccccc3)cc2)s1. The highest BCUT2D eigenvalue weighted by Crippen LogP contribution is 2.38. The molecule has 0 saturated heterocycles. The third kappa shape index (κ3) is 7.87. The van der Waals surface area contributed by atoms with Crippen molar-refractivity contribution in [2.24, 2.45) is 0 Å². The fourth-order valence-corrected chi connectivity index (χ4v) is 7.58. The van der Waals surface area contributed by atoms with Crippen molar-refractivity contribution < 1.29 is 0 Å². The molecule has 0 atom stereocenters. The smallest absolute Gasteiger partial charge is 0.0618 e. The van der Waals surface area contributed by atoms with Gasteiger partial charge in [-0.1, -0.05) is 97.1 Å². The van der Waals surface area contributed by atoms with E-state index < -0.39 is 0 Å². The molecular weight excluding hydrogens is 748 g/mol. The highest BCUT2D eigenvalue weighted by atomic mass is 79.9. The predicted molar refractivity (Wildman–Crippen MR) is 219 cm³/mol. The van der Waals surface area contributed by atoms with Gasteiger partial charge in [0.15, 0.2) is 0 Å². The van der Waals surface area contributed by atoms with Crippen LogP contribution >= 0.6 is 43.2 Å². The summed E-state index contributed by atoms with van der Waals surface area (Å²) in [5.74, 6) is 0. The zero-order valence-electron chi connectivity index (χ0n) is 26.5. The average molecular weight is 781 g/mol. The van der Waals surface area contributed by atoms with E-state index in [1.807, 2.05) is 0 Å². The van der Waals surface area contributed by atoms with Gasteiger partial charge in [0, 0.05) is 43.9 Å². The molecule has 0 N–H and O–H groups in total.